The van der Waals surface area contributed by atoms with Crippen molar-refractivity contribution in [2.24, 2.45) is 0 Å². The highest BCUT2D eigenvalue weighted by atomic mass is 79.9. The van der Waals surface area contributed by atoms with Crippen LogP contribution in [0.1, 0.15) is 16.5 Å². The second-order valence-corrected chi connectivity index (χ2v) is 7.88. The van der Waals surface area contributed by atoms with Gasteiger partial charge < -0.3 is 9.84 Å². The zero-order valence-corrected chi connectivity index (χ0v) is 15.8. The number of allylic oxidation sites excluding steroid dienone is 1. The highest BCUT2D eigenvalue weighted by molar-refractivity contribution is 9.10. The Morgan fingerprint density at radius 1 is 1.48 bits per heavy atom. The number of carbonyl (C=O) groups is 2. The minimum absolute atomic E-state index is 0.132. The maximum atomic E-state index is 12.6. The first-order valence-electron chi connectivity index (χ1n) is 7.01. The number of thiazole rings is 1. The Morgan fingerprint density at radius 2 is 2.28 bits per heavy atom. The molecule has 25 heavy (non-hydrogen) atoms. The van der Waals surface area contributed by atoms with Crippen LogP contribution in [0.15, 0.2) is 39.2 Å². The van der Waals surface area contributed by atoms with Crippen molar-refractivity contribution in [2.75, 3.05) is 6.61 Å². The molecule has 2 heterocycles. The number of rotatable bonds is 5. The smallest absolute Gasteiger partial charge is 0.341 e. The third-order valence-corrected chi connectivity index (χ3v) is 5.75. The van der Waals surface area contributed by atoms with Crippen molar-refractivity contribution in [2.45, 2.75) is 5.92 Å². The molecule has 0 spiro atoms. The molecular weight excluding hydrogens is 428 g/mol. The number of ketones is 1. The molecule has 1 aliphatic heterocycles. The molecule has 1 atom stereocenters. The van der Waals surface area contributed by atoms with Crippen LogP contribution in [-0.4, -0.2) is 33.5 Å². The standard InChI is InChI=1S/C16H11BrN2O4S2/c17-9-5-8(1-2-10(9)23-7-12(20)21)6-11-14(22)13(15(18)25-11)16-19-3-4-24-16/h1-6,13,18H,7H2,(H,20,21)/b11-6-,18-15?/t13-/m0/s1. The molecule has 0 bridgehead atoms. The maximum absolute atomic E-state index is 12.6. The zero-order valence-electron chi connectivity index (χ0n) is 12.6. The van der Waals surface area contributed by atoms with E-state index in [1.807, 2.05) is 0 Å². The summed E-state index contributed by atoms with van der Waals surface area (Å²) >= 11 is 5.83. The zero-order chi connectivity index (χ0) is 18.0. The topological polar surface area (TPSA) is 100 Å². The first-order valence-corrected chi connectivity index (χ1v) is 9.50. The van der Waals surface area contributed by atoms with Crippen molar-refractivity contribution >= 4 is 61.9 Å². The van der Waals surface area contributed by atoms with E-state index in [0.717, 1.165) is 17.3 Å². The third-order valence-electron chi connectivity index (χ3n) is 3.29. The number of carboxylic acid groups (broad SMARTS) is 1. The minimum Gasteiger partial charge on any atom is -0.481 e. The average Bonchev–Trinajstić information content (AvgIpc) is 3.15. The van der Waals surface area contributed by atoms with Crippen LogP contribution in [0, 0.1) is 5.41 Å². The SMILES string of the molecule is N=C1S/C(=C\c2ccc(OCC(=O)O)c(Br)c2)C(=O)[C@@H]1c1nccs1. The summed E-state index contributed by atoms with van der Waals surface area (Å²) in [6.07, 6.45) is 3.33. The molecule has 1 aliphatic rings. The van der Waals surface area contributed by atoms with Gasteiger partial charge >= 0.3 is 5.97 Å². The molecule has 6 nitrogen and oxygen atoms in total. The third kappa shape index (κ3) is 4.00. The van der Waals surface area contributed by atoms with Gasteiger partial charge in [-0.25, -0.2) is 9.78 Å². The van der Waals surface area contributed by atoms with Gasteiger partial charge in [0.15, 0.2) is 12.4 Å². The number of hydrogen-bond acceptors (Lipinski definition) is 7. The van der Waals surface area contributed by atoms with Crippen LogP contribution in [0.25, 0.3) is 6.08 Å². The lowest BCUT2D eigenvalue weighted by atomic mass is 10.1. The number of ether oxygens (including phenoxy) is 1. The fourth-order valence-electron chi connectivity index (χ4n) is 2.21. The first-order chi connectivity index (χ1) is 12.0. The Kier molecular flexibility index (Phi) is 5.36. The fourth-order valence-corrected chi connectivity index (χ4v) is 4.52. The molecule has 0 saturated carbocycles. The van der Waals surface area contributed by atoms with Gasteiger partial charge in [-0.2, -0.15) is 0 Å². The predicted octanol–water partition coefficient (Wildman–Crippen LogP) is 3.79. The van der Waals surface area contributed by atoms with E-state index in [-0.39, 0.29) is 10.8 Å². The van der Waals surface area contributed by atoms with Gasteiger partial charge in [-0.1, -0.05) is 17.8 Å². The van der Waals surface area contributed by atoms with Gasteiger partial charge in [-0.05, 0) is 39.7 Å². The van der Waals surface area contributed by atoms with Crippen LogP contribution in [-0.2, 0) is 9.59 Å². The van der Waals surface area contributed by atoms with E-state index >= 15 is 0 Å². The molecule has 128 valence electrons. The number of thioether (sulfide) groups is 1. The van der Waals surface area contributed by atoms with Crippen LogP contribution in [0.4, 0.5) is 0 Å². The second kappa shape index (κ2) is 7.51. The van der Waals surface area contributed by atoms with Crippen LogP contribution in [0.2, 0.25) is 0 Å². The number of Topliss-reactive ketones (excluding diaryl/α,β-unsaturated/α-hetero) is 1. The van der Waals surface area contributed by atoms with Crippen molar-refractivity contribution < 1.29 is 19.4 Å². The number of aliphatic carboxylic acids is 1. The number of nitrogens with zero attached hydrogens (tertiary/aromatic N) is 1. The predicted molar refractivity (Wildman–Crippen MR) is 100 cm³/mol. The Morgan fingerprint density at radius 3 is 2.92 bits per heavy atom. The number of nitrogens with one attached hydrogen (secondary N) is 1. The molecule has 3 rings (SSSR count). The van der Waals surface area contributed by atoms with E-state index in [0.29, 0.717) is 20.1 Å². The van der Waals surface area contributed by atoms with Crippen LogP contribution < -0.4 is 4.74 Å². The summed E-state index contributed by atoms with van der Waals surface area (Å²) in [6.45, 7) is -0.431. The second-order valence-electron chi connectivity index (χ2n) is 5.01. The molecule has 9 heteroatoms. The fraction of sp³-hybridized carbons (Fsp3) is 0.125. The molecule has 2 N–H and O–H groups in total. The van der Waals surface area contributed by atoms with Gasteiger partial charge in [-0.15, -0.1) is 11.3 Å². The van der Waals surface area contributed by atoms with E-state index in [9.17, 15) is 9.59 Å². The summed E-state index contributed by atoms with van der Waals surface area (Å²) in [5, 5.41) is 19.4. The Hall–Kier alpha value is -1.97. The summed E-state index contributed by atoms with van der Waals surface area (Å²) in [5.41, 5.74) is 0.748. The quantitative estimate of drug-likeness (QED) is 0.688. The molecule has 0 unspecified atom stereocenters. The summed E-state index contributed by atoms with van der Waals surface area (Å²) in [6, 6.07) is 5.09. The number of aromatic nitrogens is 1. The van der Waals surface area contributed by atoms with E-state index in [2.05, 4.69) is 20.9 Å². The Bertz CT molecular complexity index is 880. The number of carbonyl (C=O) groups excluding carboxylic acids is 1. The maximum Gasteiger partial charge on any atom is 0.341 e. The number of carboxylic acids is 1. The highest BCUT2D eigenvalue weighted by Crippen LogP contribution is 2.41. The van der Waals surface area contributed by atoms with E-state index in [4.69, 9.17) is 15.3 Å². The summed E-state index contributed by atoms with van der Waals surface area (Å²) in [5.74, 6) is -1.40. The highest BCUT2D eigenvalue weighted by Gasteiger charge is 2.38. The van der Waals surface area contributed by atoms with Gasteiger partial charge in [0.1, 0.15) is 16.7 Å². The molecular formula is C16H11BrN2O4S2. The summed E-state index contributed by atoms with van der Waals surface area (Å²) in [4.78, 5) is 27.8. The average molecular weight is 439 g/mol. The van der Waals surface area contributed by atoms with Crippen molar-refractivity contribution in [1.82, 2.24) is 4.98 Å². The van der Waals surface area contributed by atoms with Crippen LogP contribution in [0.3, 0.4) is 0 Å². The van der Waals surface area contributed by atoms with Crippen molar-refractivity contribution in [3.8, 4) is 5.75 Å². The number of benzene rings is 1. The molecule has 0 amide bonds. The van der Waals surface area contributed by atoms with Gasteiger partial charge in [0.05, 0.1) is 14.4 Å². The molecule has 2 aromatic rings. The number of hydrogen-bond donors (Lipinski definition) is 2. The lowest BCUT2D eigenvalue weighted by molar-refractivity contribution is -0.139. The Balaban J connectivity index is 1.81. The molecule has 1 fully saturated rings. The lowest BCUT2D eigenvalue weighted by Crippen LogP contribution is -2.11. The van der Waals surface area contributed by atoms with E-state index < -0.39 is 18.5 Å². The van der Waals surface area contributed by atoms with Crippen LogP contribution >= 0.6 is 39.0 Å². The van der Waals surface area contributed by atoms with Crippen molar-refractivity contribution in [3.05, 3.63) is 49.7 Å². The largest absolute Gasteiger partial charge is 0.481 e. The normalized spacial score (nSPS) is 18.8. The van der Waals surface area contributed by atoms with Crippen molar-refractivity contribution in [3.63, 3.8) is 0 Å². The molecule has 0 aliphatic carbocycles. The van der Waals surface area contributed by atoms with E-state index in [1.165, 1.54) is 11.3 Å². The Labute approximate surface area is 159 Å². The van der Waals surface area contributed by atoms with Crippen molar-refractivity contribution in [1.29, 1.82) is 5.41 Å². The summed E-state index contributed by atoms with van der Waals surface area (Å²) < 4.78 is 5.74. The van der Waals surface area contributed by atoms with Gasteiger partial charge in [0, 0.05) is 11.6 Å². The van der Waals surface area contributed by atoms with Gasteiger partial charge in [0.2, 0.25) is 0 Å². The molecule has 0 radical (unpaired) electrons. The minimum atomic E-state index is -1.06. The van der Waals surface area contributed by atoms with Gasteiger partial charge in [0.25, 0.3) is 0 Å². The van der Waals surface area contributed by atoms with Crippen LogP contribution in [0.5, 0.6) is 5.75 Å². The molecule has 1 aromatic carbocycles. The molecule has 1 saturated heterocycles. The van der Waals surface area contributed by atoms with Gasteiger partial charge in [-0.3, -0.25) is 10.2 Å². The monoisotopic (exact) mass is 438 g/mol. The molecule has 1 aromatic heterocycles. The summed E-state index contributed by atoms with van der Waals surface area (Å²) in [7, 11) is 0. The first kappa shape index (κ1) is 17.8. The lowest BCUT2D eigenvalue weighted by Gasteiger charge is -2.06. The number of halogens is 1. The van der Waals surface area contributed by atoms with E-state index in [1.54, 1.807) is 35.9 Å².